The molecule has 1 unspecified atom stereocenters. The maximum atomic E-state index is 4.46. The van der Waals surface area contributed by atoms with Crippen LogP contribution >= 0.6 is 0 Å². The summed E-state index contributed by atoms with van der Waals surface area (Å²) in [4.78, 5) is 7.70. The van der Waals surface area contributed by atoms with Crippen molar-refractivity contribution in [2.75, 3.05) is 13.6 Å². The molecule has 0 bridgehead atoms. The first kappa shape index (κ1) is 9.71. The first-order valence-corrected chi connectivity index (χ1v) is 5.32. The molecule has 3 nitrogen and oxygen atoms in total. The van der Waals surface area contributed by atoms with Crippen molar-refractivity contribution in [1.29, 1.82) is 0 Å². The van der Waals surface area contributed by atoms with Crippen LogP contribution in [0.2, 0.25) is 0 Å². The van der Waals surface area contributed by atoms with Gasteiger partial charge in [0.15, 0.2) is 0 Å². The van der Waals surface area contributed by atoms with Gasteiger partial charge in [0, 0.05) is 18.2 Å². The maximum absolute atomic E-state index is 4.46. The second-order valence-electron chi connectivity index (χ2n) is 4.87. The standard InChI is InChI=1S/C11H19N3/c1-11(2)5-4-9-10(14-7-13-9)8(11)6-12-3/h7-8,12H,4-6H2,1-3H3,(H,13,14). The van der Waals surface area contributed by atoms with E-state index in [0.29, 0.717) is 11.3 Å². The van der Waals surface area contributed by atoms with Gasteiger partial charge in [0.1, 0.15) is 0 Å². The van der Waals surface area contributed by atoms with E-state index >= 15 is 0 Å². The van der Waals surface area contributed by atoms with E-state index in [4.69, 9.17) is 0 Å². The molecule has 1 aliphatic carbocycles. The molecule has 0 fully saturated rings. The second kappa shape index (κ2) is 3.39. The fraction of sp³-hybridized carbons (Fsp3) is 0.727. The van der Waals surface area contributed by atoms with Crippen molar-refractivity contribution in [3.05, 3.63) is 17.7 Å². The Bertz CT molecular complexity index is 314. The number of H-pyrrole nitrogens is 1. The van der Waals surface area contributed by atoms with E-state index in [1.165, 1.54) is 17.8 Å². The van der Waals surface area contributed by atoms with Crippen LogP contribution in [-0.4, -0.2) is 23.6 Å². The highest BCUT2D eigenvalue weighted by molar-refractivity contribution is 5.23. The fourth-order valence-electron chi connectivity index (χ4n) is 2.40. The fourth-order valence-corrected chi connectivity index (χ4v) is 2.40. The van der Waals surface area contributed by atoms with Crippen molar-refractivity contribution in [3.63, 3.8) is 0 Å². The molecule has 0 aromatic carbocycles. The van der Waals surface area contributed by atoms with Crippen LogP contribution in [0.5, 0.6) is 0 Å². The minimum atomic E-state index is 0.366. The molecule has 0 saturated carbocycles. The third-order valence-corrected chi connectivity index (χ3v) is 3.45. The highest BCUT2D eigenvalue weighted by atomic mass is 14.9. The van der Waals surface area contributed by atoms with Crippen molar-refractivity contribution < 1.29 is 0 Å². The number of hydrogen-bond donors (Lipinski definition) is 2. The summed E-state index contributed by atoms with van der Waals surface area (Å²) in [6.45, 7) is 5.70. The van der Waals surface area contributed by atoms with Gasteiger partial charge in [-0.25, -0.2) is 4.98 Å². The maximum Gasteiger partial charge on any atom is 0.0925 e. The topological polar surface area (TPSA) is 40.7 Å². The summed E-state index contributed by atoms with van der Waals surface area (Å²) in [7, 11) is 2.01. The first-order chi connectivity index (χ1) is 6.65. The van der Waals surface area contributed by atoms with E-state index in [-0.39, 0.29) is 0 Å². The zero-order chi connectivity index (χ0) is 10.2. The lowest BCUT2D eigenvalue weighted by atomic mass is 9.69. The molecule has 0 amide bonds. The van der Waals surface area contributed by atoms with Crippen LogP contribution in [0.4, 0.5) is 0 Å². The summed E-state index contributed by atoms with van der Waals surface area (Å²) >= 11 is 0. The molecule has 3 heteroatoms. The van der Waals surface area contributed by atoms with E-state index in [1.807, 2.05) is 13.4 Å². The van der Waals surface area contributed by atoms with Gasteiger partial charge in [0.05, 0.1) is 12.0 Å². The Morgan fingerprint density at radius 3 is 3.14 bits per heavy atom. The Balaban J connectivity index is 2.33. The molecule has 1 heterocycles. The normalized spacial score (nSPS) is 24.6. The van der Waals surface area contributed by atoms with Crippen molar-refractivity contribution >= 4 is 0 Å². The van der Waals surface area contributed by atoms with Crippen molar-refractivity contribution in [3.8, 4) is 0 Å². The van der Waals surface area contributed by atoms with Gasteiger partial charge in [-0.3, -0.25) is 0 Å². The Kier molecular flexibility index (Phi) is 2.35. The first-order valence-electron chi connectivity index (χ1n) is 5.32. The minimum absolute atomic E-state index is 0.366. The predicted molar refractivity (Wildman–Crippen MR) is 57.4 cm³/mol. The lowest BCUT2D eigenvalue weighted by molar-refractivity contribution is 0.236. The molecule has 2 rings (SSSR count). The number of aryl methyl sites for hydroxylation is 1. The Labute approximate surface area is 85.3 Å². The van der Waals surface area contributed by atoms with Crippen LogP contribution in [0.1, 0.15) is 37.6 Å². The molecule has 0 saturated heterocycles. The lowest BCUT2D eigenvalue weighted by Crippen LogP contribution is -2.34. The quantitative estimate of drug-likeness (QED) is 0.750. The molecular formula is C11H19N3. The van der Waals surface area contributed by atoms with E-state index in [9.17, 15) is 0 Å². The number of nitrogens with zero attached hydrogens (tertiary/aromatic N) is 1. The third kappa shape index (κ3) is 1.46. The summed E-state index contributed by atoms with van der Waals surface area (Å²) in [5, 5.41) is 3.27. The number of aromatic amines is 1. The van der Waals surface area contributed by atoms with E-state index in [2.05, 4.69) is 29.1 Å². The lowest BCUT2D eigenvalue weighted by Gasteiger charge is -2.37. The second-order valence-corrected chi connectivity index (χ2v) is 4.87. The number of hydrogen-bond acceptors (Lipinski definition) is 2. The average Bonchev–Trinajstić information content (AvgIpc) is 2.58. The summed E-state index contributed by atoms with van der Waals surface area (Å²) in [5.41, 5.74) is 2.98. The van der Waals surface area contributed by atoms with Crippen molar-refractivity contribution in [2.24, 2.45) is 5.41 Å². The van der Waals surface area contributed by atoms with E-state index in [1.54, 1.807) is 0 Å². The minimum Gasteiger partial charge on any atom is -0.348 e. The summed E-state index contributed by atoms with van der Waals surface area (Å²) in [5.74, 6) is 0.544. The van der Waals surface area contributed by atoms with Gasteiger partial charge >= 0.3 is 0 Å². The highest BCUT2D eigenvalue weighted by Gasteiger charge is 2.36. The molecule has 2 N–H and O–H groups in total. The zero-order valence-corrected chi connectivity index (χ0v) is 9.22. The molecule has 0 aliphatic heterocycles. The van der Waals surface area contributed by atoms with Crippen LogP contribution < -0.4 is 5.32 Å². The van der Waals surface area contributed by atoms with Gasteiger partial charge < -0.3 is 10.3 Å². The van der Waals surface area contributed by atoms with Crippen LogP contribution in [0, 0.1) is 5.41 Å². The zero-order valence-electron chi connectivity index (χ0n) is 9.22. The van der Waals surface area contributed by atoms with Gasteiger partial charge in [-0.15, -0.1) is 0 Å². The number of fused-ring (bicyclic) bond motifs is 1. The number of likely N-dealkylation sites (N-methyl/N-ethyl adjacent to an activating group) is 1. The number of aromatic nitrogens is 2. The van der Waals surface area contributed by atoms with Crippen molar-refractivity contribution in [2.45, 2.75) is 32.6 Å². The molecule has 0 spiro atoms. The Hall–Kier alpha value is -0.830. The van der Waals surface area contributed by atoms with E-state index in [0.717, 1.165) is 13.0 Å². The number of imidazole rings is 1. The molecule has 1 aromatic heterocycles. The van der Waals surface area contributed by atoms with Gasteiger partial charge in [-0.2, -0.15) is 0 Å². The summed E-state index contributed by atoms with van der Waals surface area (Å²) in [6.07, 6.45) is 4.21. The average molecular weight is 193 g/mol. The van der Waals surface area contributed by atoms with Gasteiger partial charge in [-0.05, 0) is 25.3 Å². The number of rotatable bonds is 2. The highest BCUT2D eigenvalue weighted by Crippen LogP contribution is 2.43. The Morgan fingerprint density at radius 2 is 2.43 bits per heavy atom. The molecule has 0 radical (unpaired) electrons. The van der Waals surface area contributed by atoms with Crippen LogP contribution in [0.25, 0.3) is 0 Å². The third-order valence-electron chi connectivity index (χ3n) is 3.45. The molecular weight excluding hydrogens is 174 g/mol. The van der Waals surface area contributed by atoms with Crippen LogP contribution in [0.3, 0.4) is 0 Å². The van der Waals surface area contributed by atoms with Crippen molar-refractivity contribution in [1.82, 2.24) is 15.3 Å². The van der Waals surface area contributed by atoms with Gasteiger partial charge in [0.2, 0.25) is 0 Å². The SMILES string of the molecule is CNCC1c2nc[nH]c2CCC1(C)C. The van der Waals surface area contributed by atoms with E-state index < -0.39 is 0 Å². The van der Waals surface area contributed by atoms with Gasteiger partial charge in [0.25, 0.3) is 0 Å². The van der Waals surface area contributed by atoms with Crippen LogP contribution in [0.15, 0.2) is 6.33 Å². The summed E-state index contributed by atoms with van der Waals surface area (Å²) in [6, 6.07) is 0. The monoisotopic (exact) mass is 193 g/mol. The molecule has 1 aromatic rings. The summed E-state index contributed by atoms with van der Waals surface area (Å²) < 4.78 is 0. The number of nitrogens with one attached hydrogen (secondary N) is 2. The smallest absolute Gasteiger partial charge is 0.0925 e. The van der Waals surface area contributed by atoms with Crippen LogP contribution in [-0.2, 0) is 6.42 Å². The molecule has 78 valence electrons. The predicted octanol–water partition coefficient (Wildman–Crippen LogP) is 1.69. The van der Waals surface area contributed by atoms with Gasteiger partial charge in [-0.1, -0.05) is 13.8 Å². The largest absolute Gasteiger partial charge is 0.348 e. The molecule has 14 heavy (non-hydrogen) atoms. The molecule has 1 aliphatic rings. The Morgan fingerprint density at radius 1 is 1.64 bits per heavy atom. The molecule has 1 atom stereocenters.